The van der Waals surface area contributed by atoms with Gasteiger partial charge in [-0.3, -0.25) is 9.59 Å². The number of aromatic carboxylic acids is 2. The molecular formula is C32H33Cl2N3O11. The third kappa shape index (κ3) is 13.5. The summed E-state index contributed by atoms with van der Waals surface area (Å²) in [4.78, 5) is 63.5. The molecule has 16 heteroatoms. The third-order valence-corrected chi connectivity index (χ3v) is 6.19. The number of likely N-dealkylation sites (N-methyl/N-ethyl adjacent to an activating group) is 1. The molecule has 0 unspecified atom stereocenters. The minimum atomic E-state index is -1.17. The summed E-state index contributed by atoms with van der Waals surface area (Å²) in [5.41, 5.74) is 0.854. The zero-order valence-electron chi connectivity index (χ0n) is 26.5. The second kappa shape index (κ2) is 20.7. The summed E-state index contributed by atoms with van der Waals surface area (Å²) in [5.74, 6) is -1.81. The third-order valence-electron chi connectivity index (χ3n) is 5.72. The molecule has 0 radical (unpaired) electrons. The van der Waals surface area contributed by atoms with E-state index in [1.165, 1.54) is 63.6 Å². The van der Waals surface area contributed by atoms with E-state index in [0.717, 1.165) is 0 Å². The summed E-state index contributed by atoms with van der Waals surface area (Å²) in [6, 6.07) is 11.8. The molecule has 48 heavy (non-hydrogen) atoms. The van der Waals surface area contributed by atoms with Crippen molar-refractivity contribution in [2.45, 2.75) is 6.92 Å². The average Bonchev–Trinajstić information content (AvgIpc) is 3.00. The second-order valence-corrected chi connectivity index (χ2v) is 10.3. The highest BCUT2D eigenvalue weighted by atomic mass is 35.5. The number of ether oxygens (including phenoxy) is 3. The summed E-state index contributed by atoms with van der Waals surface area (Å²) in [7, 11) is 6.88. The summed E-state index contributed by atoms with van der Waals surface area (Å²) >= 11 is 11.6. The van der Waals surface area contributed by atoms with E-state index < -0.39 is 17.8 Å². The molecule has 4 N–H and O–H groups in total. The molecule has 0 fully saturated rings. The van der Waals surface area contributed by atoms with Gasteiger partial charge in [0.05, 0.1) is 36.7 Å². The average molecular weight is 707 g/mol. The first-order chi connectivity index (χ1) is 22.7. The van der Waals surface area contributed by atoms with Crippen LogP contribution in [-0.4, -0.2) is 86.5 Å². The zero-order chi connectivity index (χ0) is 36.4. The fourth-order valence-electron chi connectivity index (χ4n) is 3.67. The number of amides is 2. The van der Waals surface area contributed by atoms with Crippen molar-refractivity contribution >= 4 is 70.6 Å². The molecule has 0 aliphatic rings. The SMILES string of the molecule is CC(=O)Nc1cc(Cl)ccc1C(=O)O.COc1ccc(/C=C/C(=O)Nc2cc(Cl)ccc2C(=O)O)c(OCCN(C)C)c1OC.O=C=O. The lowest BCUT2D eigenvalue weighted by Gasteiger charge is -2.17. The van der Waals surface area contributed by atoms with Crippen LogP contribution < -0.4 is 24.8 Å². The molecule has 0 aliphatic heterocycles. The number of halogens is 2. The van der Waals surface area contributed by atoms with Crippen LogP contribution in [-0.2, 0) is 19.2 Å². The maximum Gasteiger partial charge on any atom is 0.373 e. The van der Waals surface area contributed by atoms with E-state index in [1.54, 1.807) is 18.2 Å². The van der Waals surface area contributed by atoms with Crippen LogP contribution in [0.3, 0.4) is 0 Å². The minimum Gasteiger partial charge on any atom is -0.493 e. The molecule has 3 rings (SSSR count). The number of rotatable bonds is 12. The standard InChI is InChI=1S/C22H25ClN2O6.C9H8ClNO3.CO2/c1-25(2)11-12-31-20-14(5-9-18(29-3)21(20)30-4)6-10-19(26)24-17-13-15(23)7-8-16(17)22(27)28;1-5(12)11-8-4-6(10)2-3-7(8)9(13)14;2-1-3/h5-10,13H,11-12H2,1-4H3,(H,24,26)(H,27,28);2-4H,1H3,(H,11,12)(H,13,14);/b10-6+;;. The number of hydrogen-bond donors (Lipinski definition) is 4. The topological polar surface area (TPSA) is 198 Å². The fraction of sp³-hybridized carbons (Fsp3) is 0.219. The predicted octanol–water partition coefficient (Wildman–Crippen LogP) is 5.06. The molecule has 0 heterocycles. The molecule has 2 amide bonds. The highest BCUT2D eigenvalue weighted by Gasteiger charge is 2.17. The number of nitrogens with zero attached hydrogens (tertiary/aromatic N) is 1. The van der Waals surface area contributed by atoms with Gasteiger partial charge >= 0.3 is 18.1 Å². The lowest BCUT2D eigenvalue weighted by molar-refractivity contribution is -0.191. The smallest absolute Gasteiger partial charge is 0.373 e. The predicted molar refractivity (Wildman–Crippen MR) is 177 cm³/mol. The van der Waals surface area contributed by atoms with Crippen molar-refractivity contribution in [2.24, 2.45) is 0 Å². The maximum atomic E-state index is 12.4. The van der Waals surface area contributed by atoms with Crippen molar-refractivity contribution in [3.05, 3.63) is 81.3 Å². The molecule has 256 valence electrons. The lowest BCUT2D eigenvalue weighted by atomic mass is 10.1. The number of benzene rings is 3. The molecule has 0 aromatic heterocycles. The van der Waals surface area contributed by atoms with Crippen molar-refractivity contribution < 1.29 is 53.2 Å². The molecule has 3 aromatic rings. The van der Waals surface area contributed by atoms with E-state index >= 15 is 0 Å². The van der Waals surface area contributed by atoms with Gasteiger partial charge in [0.2, 0.25) is 17.6 Å². The van der Waals surface area contributed by atoms with Crippen molar-refractivity contribution in [2.75, 3.05) is 52.1 Å². The highest BCUT2D eigenvalue weighted by Crippen LogP contribution is 2.40. The van der Waals surface area contributed by atoms with E-state index in [9.17, 15) is 24.3 Å². The monoisotopic (exact) mass is 705 g/mol. The van der Waals surface area contributed by atoms with E-state index in [1.807, 2.05) is 19.0 Å². The Kier molecular flexibility index (Phi) is 17.5. The quantitative estimate of drug-likeness (QED) is 0.183. The first-order valence-electron chi connectivity index (χ1n) is 13.5. The van der Waals surface area contributed by atoms with Crippen molar-refractivity contribution in [3.63, 3.8) is 0 Å². The van der Waals surface area contributed by atoms with Gasteiger partial charge in [-0.25, -0.2) is 9.59 Å². The summed E-state index contributed by atoms with van der Waals surface area (Å²) in [6.07, 6.45) is 3.07. The number of carboxylic acids is 2. The molecular weight excluding hydrogens is 673 g/mol. The number of methoxy groups -OCH3 is 2. The van der Waals surface area contributed by atoms with E-state index in [0.29, 0.717) is 46.0 Å². The molecule has 0 aliphatic carbocycles. The van der Waals surface area contributed by atoms with Crippen molar-refractivity contribution in [1.29, 1.82) is 0 Å². The molecule has 14 nitrogen and oxygen atoms in total. The van der Waals surface area contributed by atoms with Crippen molar-refractivity contribution in [1.82, 2.24) is 4.90 Å². The van der Waals surface area contributed by atoms with Crippen LogP contribution in [0.2, 0.25) is 10.0 Å². The number of carbonyl (C=O) groups is 4. The Hall–Kier alpha value is -5.40. The highest BCUT2D eigenvalue weighted by molar-refractivity contribution is 6.31. The van der Waals surface area contributed by atoms with Crippen LogP contribution in [0.15, 0.2) is 54.6 Å². The molecule has 0 saturated heterocycles. The number of anilines is 2. The Bertz CT molecular complexity index is 1670. The minimum absolute atomic E-state index is 0.0181. The zero-order valence-corrected chi connectivity index (χ0v) is 28.0. The van der Waals surface area contributed by atoms with Crippen LogP contribution in [0, 0.1) is 0 Å². The van der Waals surface area contributed by atoms with Crippen molar-refractivity contribution in [3.8, 4) is 17.2 Å². The molecule has 0 bridgehead atoms. The van der Waals surface area contributed by atoms with Gasteiger partial charge in [-0.05, 0) is 68.7 Å². The first kappa shape index (κ1) is 40.6. The van der Waals surface area contributed by atoms with E-state index in [-0.39, 0.29) is 34.6 Å². The summed E-state index contributed by atoms with van der Waals surface area (Å²) in [5, 5.41) is 23.7. The molecule has 0 spiro atoms. The first-order valence-corrected chi connectivity index (χ1v) is 14.3. The summed E-state index contributed by atoms with van der Waals surface area (Å²) < 4.78 is 16.7. The molecule has 3 aromatic carbocycles. The number of hydrogen-bond acceptors (Lipinski definition) is 10. The van der Waals surface area contributed by atoms with Gasteiger partial charge in [0.1, 0.15) is 6.61 Å². The second-order valence-electron chi connectivity index (χ2n) is 9.45. The molecule has 0 atom stereocenters. The van der Waals surface area contributed by atoms with Crippen LogP contribution in [0.1, 0.15) is 33.2 Å². The van der Waals surface area contributed by atoms with Gasteiger partial charge in [-0.2, -0.15) is 9.59 Å². The Morgan fingerprint density at radius 1 is 0.833 bits per heavy atom. The van der Waals surface area contributed by atoms with Gasteiger partial charge in [-0.1, -0.05) is 23.2 Å². The van der Waals surface area contributed by atoms with Gasteiger partial charge < -0.3 is 40.0 Å². The summed E-state index contributed by atoms with van der Waals surface area (Å²) in [6.45, 7) is 2.37. The van der Waals surface area contributed by atoms with Gasteiger partial charge in [0.25, 0.3) is 0 Å². The normalized spacial score (nSPS) is 10.0. The van der Waals surface area contributed by atoms with E-state index in [2.05, 4.69) is 10.6 Å². The van der Waals surface area contributed by atoms with Crippen LogP contribution in [0.5, 0.6) is 17.2 Å². The Morgan fingerprint density at radius 3 is 1.79 bits per heavy atom. The number of carbonyl (C=O) groups excluding carboxylic acids is 4. The largest absolute Gasteiger partial charge is 0.493 e. The van der Waals surface area contributed by atoms with Crippen LogP contribution >= 0.6 is 23.2 Å². The Balaban J connectivity index is 0.000000561. The lowest BCUT2D eigenvalue weighted by Crippen LogP contribution is -2.19. The Labute approximate surface area is 285 Å². The van der Waals surface area contributed by atoms with Crippen LogP contribution in [0.4, 0.5) is 11.4 Å². The van der Waals surface area contributed by atoms with Gasteiger partial charge in [0, 0.05) is 35.2 Å². The number of carboxylic acid groups (broad SMARTS) is 2. The van der Waals surface area contributed by atoms with Gasteiger partial charge in [0.15, 0.2) is 11.5 Å². The Morgan fingerprint density at radius 2 is 1.35 bits per heavy atom. The maximum absolute atomic E-state index is 12.4. The number of nitrogens with one attached hydrogen (secondary N) is 2. The van der Waals surface area contributed by atoms with Gasteiger partial charge in [-0.15, -0.1) is 0 Å². The van der Waals surface area contributed by atoms with Crippen LogP contribution in [0.25, 0.3) is 6.08 Å². The fourth-order valence-corrected chi connectivity index (χ4v) is 4.01. The van der Waals surface area contributed by atoms with E-state index in [4.69, 9.17) is 52.1 Å². The molecule has 0 saturated carbocycles.